The second-order valence-electron chi connectivity index (χ2n) is 6.04. The molecule has 0 spiro atoms. The summed E-state index contributed by atoms with van der Waals surface area (Å²) in [5.74, 6) is -1.03. The van der Waals surface area contributed by atoms with Crippen LogP contribution in [0, 0.1) is 5.92 Å². The Morgan fingerprint density at radius 3 is 2.60 bits per heavy atom. The summed E-state index contributed by atoms with van der Waals surface area (Å²) in [5, 5.41) is 2.79. The third-order valence-corrected chi connectivity index (χ3v) is 4.13. The number of benzene rings is 1. The maximum absolute atomic E-state index is 12.4. The number of ether oxygens (including phenoxy) is 2. The highest BCUT2D eigenvalue weighted by Gasteiger charge is 2.36. The van der Waals surface area contributed by atoms with Crippen molar-refractivity contribution in [2.24, 2.45) is 5.92 Å². The van der Waals surface area contributed by atoms with Crippen molar-refractivity contribution in [2.45, 2.75) is 26.3 Å². The monoisotopic (exact) mass is 348 g/mol. The van der Waals surface area contributed by atoms with Gasteiger partial charge in [-0.15, -0.1) is 0 Å². The molecule has 0 saturated carbocycles. The van der Waals surface area contributed by atoms with E-state index in [0.717, 1.165) is 0 Å². The number of nitrogens with one attached hydrogen (secondary N) is 1. The Kier molecular flexibility index (Phi) is 6.52. The second kappa shape index (κ2) is 8.62. The van der Waals surface area contributed by atoms with Gasteiger partial charge in [0.15, 0.2) is 0 Å². The Labute approximate surface area is 147 Å². The van der Waals surface area contributed by atoms with E-state index in [-0.39, 0.29) is 24.3 Å². The first kappa shape index (κ1) is 18.9. The van der Waals surface area contributed by atoms with Crippen molar-refractivity contribution in [1.82, 2.24) is 4.90 Å². The lowest BCUT2D eigenvalue weighted by molar-refractivity contribution is -0.130. The lowest BCUT2D eigenvalue weighted by Gasteiger charge is -2.23. The molecule has 1 aromatic carbocycles. The van der Waals surface area contributed by atoms with E-state index in [1.165, 1.54) is 0 Å². The van der Waals surface area contributed by atoms with E-state index in [0.29, 0.717) is 31.0 Å². The molecule has 2 amide bonds. The lowest BCUT2D eigenvalue weighted by Crippen LogP contribution is -2.38. The summed E-state index contributed by atoms with van der Waals surface area (Å²) in [5.41, 5.74) is 1.00. The Hall–Kier alpha value is -2.41. The molecule has 25 heavy (non-hydrogen) atoms. The topological polar surface area (TPSA) is 84.9 Å². The van der Waals surface area contributed by atoms with Crippen LogP contribution in [0.2, 0.25) is 0 Å². The van der Waals surface area contributed by atoms with Crippen LogP contribution in [-0.4, -0.2) is 55.6 Å². The standard InChI is InChI=1S/C18H24N2O5/c1-4-25-18(23)13-5-7-15(8-6-13)19-17(22)14-9-16(21)20(10-14)12(2)11-24-3/h5-8,12,14H,4,9-11H2,1-3H3,(H,19,22)/t12-,14-/m0/s1. The first-order chi connectivity index (χ1) is 12.0. The summed E-state index contributed by atoms with van der Waals surface area (Å²) in [6.45, 7) is 4.78. The quantitative estimate of drug-likeness (QED) is 0.758. The zero-order valence-electron chi connectivity index (χ0n) is 14.8. The molecule has 1 heterocycles. The maximum atomic E-state index is 12.4. The van der Waals surface area contributed by atoms with Gasteiger partial charge in [-0.2, -0.15) is 0 Å². The third-order valence-electron chi connectivity index (χ3n) is 4.13. The van der Waals surface area contributed by atoms with E-state index < -0.39 is 11.9 Å². The van der Waals surface area contributed by atoms with Gasteiger partial charge in [0, 0.05) is 25.8 Å². The predicted octanol–water partition coefficient (Wildman–Crippen LogP) is 1.69. The highest BCUT2D eigenvalue weighted by atomic mass is 16.5. The van der Waals surface area contributed by atoms with Crippen molar-refractivity contribution in [3.05, 3.63) is 29.8 Å². The number of likely N-dealkylation sites (tertiary alicyclic amines) is 1. The van der Waals surface area contributed by atoms with Gasteiger partial charge >= 0.3 is 5.97 Å². The van der Waals surface area contributed by atoms with Crippen molar-refractivity contribution >= 4 is 23.5 Å². The molecule has 1 aliphatic rings. The van der Waals surface area contributed by atoms with Crippen molar-refractivity contribution in [3.63, 3.8) is 0 Å². The van der Waals surface area contributed by atoms with Crippen LogP contribution in [0.4, 0.5) is 5.69 Å². The minimum atomic E-state index is -0.399. The molecule has 1 aromatic rings. The molecule has 7 nitrogen and oxygen atoms in total. The largest absolute Gasteiger partial charge is 0.462 e. The molecular formula is C18H24N2O5. The van der Waals surface area contributed by atoms with Crippen molar-refractivity contribution in [3.8, 4) is 0 Å². The van der Waals surface area contributed by atoms with Gasteiger partial charge in [0.25, 0.3) is 0 Å². The molecule has 0 unspecified atom stereocenters. The zero-order chi connectivity index (χ0) is 18.4. The van der Waals surface area contributed by atoms with E-state index >= 15 is 0 Å². The highest BCUT2D eigenvalue weighted by Crippen LogP contribution is 2.22. The fourth-order valence-corrected chi connectivity index (χ4v) is 2.81. The number of hydrogen-bond donors (Lipinski definition) is 1. The molecule has 0 aromatic heterocycles. The van der Waals surface area contributed by atoms with Gasteiger partial charge in [0.05, 0.1) is 30.7 Å². The molecular weight excluding hydrogens is 324 g/mol. The fourth-order valence-electron chi connectivity index (χ4n) is 2.81. The summed E-state index contributed by atoms with van der Waals surface area (Å²) < 4.78 is 9.99. The molecule has 0 radical (unpaired) electrons. The lowest BCUT2D eigenvalue weighted by atomic mass is 10.1. The first-order valence-electron chi connectivity index (χ1n) is 8.32. The predicted molar refractivity (Wildman–Crippen MR) is 92.2 cm³/mol. The third kappa shape index (κ3) is 4.79. The number of carbonyl (C=O) groups is 3. The first-order valence-corrected chi connectivity index (χ1v) is 8.32. The highest BCUT2D eigenvalue weighted by molar-refractivity contribution is 5.97. The molecule has 1 N–H and O–H groups in total. The molecule has 2 atom stereocenters. The molecule has 0 bridgehead atoms. The Bertz CT molecular complexity index is 629. The molecule has 1 fully saturated rings. The minimum absolute atomic E-state index is 0.0395. The van der Waals surface area contributed by atoms with E-state index in [4.69, 9.17) is 9.47 Å². The minimum Gasteiger partial charge on any atom is -0.462 e. The van der Waals surface area contributed by atoms with Gasteiger partial charge in [-0.3, -0.25) is 9.59 Å². The summed E-state index contributed by atoms with van der Waals surface area (Å²) in [7, 11) is 1.58. The molecule has 2 rings (SSSR count). The fraction of sp³-hybridized carbons (Fsp3) is 0.500. The number of nitrogens with zero attached hydrogens (tertiary/aromatic N) is 1. The molecule has 1 saturated heterocycles. The second-order valence-corrected chi connectivity index (χ2v) is 6.04. The van der Waals surface area contributed by atoms with Gasteiger partial charge in [0.2, 0.25) is 11.8 Å². The van der Waals surface area contributed by atoms with Gasteiger partial charge in [-0.05, 0) is 38.1 Å². The van der Waals surface area contributed by atoms with Gasteiger partial charge < -0.3 is 19.7 Å². The summed E-state index contributed by atoms with van der Waals surface area (Å²) in [4.78, 5) is 37.8. The van der Waals surface area contributed by atoms with Crippen molar-refractivity contribution < 1.29 is 23.9 Å². The Morgan fingerprint density at radius 1 is 1.32 bits per heavy atom. The van der Waals surface area contributed by atoms with Crippen LogP contribution >= 0.6 is 0 Å². The number of methoxy groups -OCH3 is 1. The number of anilines is 1. The van der Waals surface area contributed by atoms with E-state index in [2.05, 4.69) is 5.32 Å². The van der Waals surface area contributed by atoms with Crippen LogP contribution in [-0.2, 0) is 19.1 Å². The average Bonchev–Trinajstić information content (AvgIpc) is 2.98. The summed E-state index contributed by atoms with van der Waals surface area (Å²) in [6.07, 6.45) is 0.195. The van der Waals surface area contributed by atoms with Gasteiger partial charge in [-0.1, -0.05) is 0 Å². The zero-order valence-corrected chi connectivity index (χ0v) is 14.8. The van der Waals surface area contributed by atoms with Crippen LogP contribution in [0.5, 0.6) is 0 Å². The maximum Gasteiger partial charge on any atom is 0.338 e. The number of amides is 2. The molecule has 136 valence electrons. The number of hydrogen-bond acceptors (Lipinski definition) is 5. The van der Waals surface area contributed by atoms with Crippen LogP contribution in [0.3, 0.4) is 0 Å². The summed E-state index contributed by atoms with van der Waals surface area (Å²) in [6, 6.07) is 6.43. The summed E-state index contributed by atoms with van der Waals surface area (Å²) >= 11 is 0. The van der Waals surface area contributed by atoms with Crippen molar-refractivity contribution in [1.29, 1.82) is 0 Å². The SMILES string of the molecule is CCOC(=O)c1ccc(NC(=O)[C@H]2CC(=O)N([C@@H](C)COC)C2)cc1. The van der Waals surface area contributed by atoms with E-state index in [1.807, 2.05) is 6.92 Å². The smallest absolute Gasteiger partial charge is 0.338 e. The molecule has 1 aliphatic heterocycles. The number of rotatable bonds is 7. The average molecular weight is 348 g/mol. The van der Waals surface area contributed by atoms with Gasteiger partial charge in [0.1, 0.15) is 0 Å². The Morgan fingerprint density at radius 2 is 2.00 bits per heavy atom. The Balaban J connectivity index is 1.94. The molecule has 0 aliphatic carbocycles. The van der Waals surface area contributed by atoms with Crippen LogP contribution in [0.1, 0.15) is 30.6 Å². The number of carbonyl (C=O) groups excluding carboxylic acids is 3. The normalized spacial score (nSPS) is 18.1. The molecule has 7 heteroatoms. The van der Waals surface area contributed by atoms with Crippen LogP contribution in [0.25, 0.3) is 0 Å². The van der Waals surface area contributed by atoms with E-state index in [9.17, 15) is 14.4 Å². The van der Waals surface area contributed by atoms with Crippen LogP contribution in [0.15, 0.2) is 24.3 Å². The van der Waals surface area contributed by atoms with Crippen LogP contribution < -0.4 is 5.32 Å². The number of esters is 1. The van der Waals surface area contributed by atoms with E-state index in [1.54, 1.807) is 43.2 Å². The van der Waals surface area contributed by atoms with Crippen molar-refractivity contribution in [2.75, 3.05) is 32.2 Å². The van der Waals surface area contributed by atoms with Gasteiger partial charge in [-0.25, -0.2) is 4.79 Å².